The number of thiazole rings is 1. The van der Waals surface area contributed by atoms with Crippen molar-refractivity contribution >= 4 is 40.0 Å². The van der Waals surface area contributed by atoms with Gasteiger partial charge in [-0.3, -0.25) is 4.79 Å². The number of carbonyl (C=O) groups excluding carboxylic acids is 2. The van der Waals surface area contributed by atoms with E-state index in [1.165, 1.54) is 25.4 Å². The Balaban J connectivity index is 2.86. The fourth-order valence-electron chi connectivity index (χ4n) is 1.43. The lowest BCUT2D eigenvalue weighted by atomic mass is 10.3. The third-order valence-corrected chi connectivity index (χ3v) is 4.18. The molecule has 1 aromatic rings. The predicted octanol–water partition coefficient (Wildman–Crippen LogP) is 2.69. The highest BCUT2D eigenvalue weighted by Crippen LogP contribution is 2.25. The number of ether oxygens (including phenoxy) is 1. The van der Waals surface area contributed by atoms with Crippen LogP contribution in [0.5, 0.6) is 0 Å². The molecule has 1 heterocycles. The van der Waals surface area contributed by atoms with Crippen molar-refractivity contribution in [1.29, 1.82) is 0 Å². The number of anilines is 1. The number of nitrogens with zero attached hydrogens (tertiary/aromatic N) is 1. The fraction of sp³-hybridized carbons (Fsp3) is 0.583. The maximum Gasteiger partial charge on any atom is 0.358 e. The molecule has 1 aromatic heterocycles. The van der Waals surface area contributed by atoms with Crippen LogP contribution in [0, 0.1) is 0 Å². The van der Waals surface area contributed by atoms with Gasteiger partial charge in [0.05, 0.1) is 7.11 Å². The first-order valence-corrected chi connectivity index (χ1v) is 8.06. The van der Waals surface area contributed by atoms with Crippen LogP contribution in [0.4, 0.5) is 5.13 Å². The minimum absolute atomic E-state index is 0.0968. The summed E-state index contributed by atoms with van der Waals surface area (Å²) in [5.41, 5.74) is 0.0968. The number of aromatic nitrogens is 1. The van der Waals surface area contributed by atoms with E-state index in [0.717, 1.165) is 12.2 Å². The molecule has 0 saturated carbocycles. The highest BCUT2D eigenvalue weighted by molar-refractivity contribution is 7.98. The molecule has 1 rings (SSSR count). The van der Waals surface area contributed by atoms with Gasteiger partial charge in [-0.1, -0.05) is 11.3 Å². The minimum Gasteiger partial charge on any atom is -0.464 e. The topological polar surface area (TPSA) is 68.3 Å². The summed E-state index contributed by atoms with van der Waals surface area (Å²) in [5, 5.41) is 3.79. The van der Waals surface area contributed by atoms with Crippen LogP contribution in [0.3, 0.4) is 0 Å². The van der Waals surface area contributed by atoms with Crippen molar-refractivity contribution in [2.75, 3.05) is 24.4 Å². The molecule has 1 unspecified atom stereocenters. The Morgan fingerprint density at radius 2 is 2.21 bits per heavy atom. The Labute approximate surface area is 121 Å². The predicted molar refractivity (Wildman–Crippen MR) is 79.5 cm³/mol. The molecule has 19 heavy (non-hydrogen) atoms. The maximum atomic E-state index is 11.5. The summed E-state index contributed by atoms with van der Waals surface area (Å²) in [6, 6.07) is 0.240. The van der Waals surface area contributed by atoms with E-state index in [9.17, 15) is 9.59 Å². The van der Waals surface area contributed by atoms with Crippen molar-refractivity contribution in [3.8, 4) is 0 Å². The van der Waals surface area contributed by atoms with Crippen LogP contribution in [-0.4, -0.2) is 41.9 Å². The Morgan fingerprint density at radius 3 is 2.74 bits per heavy atom. The zero-order valence-corrected chi connectivity index (χ0v) is 13.1. The first-order valence-electron chi connectivity index (χ1n) is 5.85. The molecule has 0 aliphatic heterocycles. The van der Waals surface area contributed by atoms with E-state index in [0.29, 0.717) is 10.0 Å². The summed E-state index contributed by atoms with van der Waals surface area (Å²) in [7, 11) is 1.28. The van der Waals surface area contributed by atoms with E-state index >= 15 is 0 Å². The van der Waals surface area contributed by atoms with E-state index < -0.39 is 5.97 Å². The number of carbonyl (C=O) groups is 2. The fourth-order valence-corrected chi connectivity index (χ4v) is 2.98. The molecule has 0 bridgehead atoms. The zero-order valence-electron chi connectivity index (χ0n) is 11.5. The largest absolute Gasteiger partial charge is 0.464 e. The van der Waals surface area contributed by atoms with Crippen LogP contribution in [0.1, 0.15) is 40.4 Å². The molecule has 5 nitrogen and oxygen atoms in total. The lowest BCUT2D eigenvalue weighted by Gasteiger charge is -2.11. The average Bonchev–Trinajstić information content (AvgIpc) is 2.79. The van der Waals surface area contributed by atoms with E-state index in [1.54, 1.807) is 11.8 Å². The summed E-state index contributed by atoms with van der Waals surface area (Å²) in [4.78, 5) is 27.5. The summed E-state index contributed by atoms with van der Waals surface area (Å²) in [6.07, 6.45) is 3.04. The number of rotatable bonds is 7. The van der Waals surface area contributed by atoms with Gasteiger partial charge in [0.15, 0.2) is 16.6 Å². The SMILES string of the molecule is COC(=O)c1nc(NC(C)CCSC)sc1C(C)=O. The number of hydrogen-bond acceptors (Lipinski definition) is 7. The second-order valence-corrected chi connectivity index (χ2v) is 6.06. The molecule has 0 saturated heterocycles. The number of hydrogen-bond donors (Lipinski definition) is 1. The minimum atomic E-state index is -0.578. The second-order valence-electron chi connectivity index (χ2n) is 4.07. The molecule has 0 radical (unpaired) electrons. The normalized spacial score (nSPS) is 12.0. The number of esters is 1. The Hall–Kier alpha value is -1.08. The van der Waals surface area contributed by atoms with Gasteiger partial charge in [0.25, 0.3) is 0 Å². The van der Waals surface area contributed by atoms with E-state index in [2.05, 4.69) is 21.3 Å². The molecule has 0 spiro atoms. The molecule has 0 fully saturated rings. The molecule has 0 aliphatic rings. The van der Waals surface area contributed by atoms with Gasteiger partial charge < -0.3 is 10.1 Å². The van der Waals surface area contributed by atoms with Crippen molar-refractivity contribution in [1.82, 2.24) is 4.98 Å². The summed E-state index contributed by atoms with van der Waals surface area (Å²) in [5.74, 6) is 0.289. The van der Waals surface area contributed by atoms with Gasteiger partial charge in [0.1, 0.15) is 4.88 Å². The summed E-state index contributed by atoms with van der Waals surface area (Å²) < 4.78 is 4.63. The van der Waals surface area contributed by atoms with Gasteiger partial charge in [-0.25, -0.2) is 9.78 Å². The first kappa shape index (κ1) is 16.0. The lowest BCUT2D eigenvalue weighted by molar-refractivity contribution is 0.0591. The van der Waals surface area contributed by atoms with Crippen LogP contribution in [0.15, 0.2) is 0 Å². The third-order valence-electron chi connectivity index (χ3n) is 2.45. The molecule has 1 N–H and O–H groups in total. The van der Waals surface area contributed by atoms with Crippen LogP contribution < -0.4 is 5.32 Å². The zero-order chi connectivity index (χ0) is 14.4. The third kappa shape index (κ3) is 4.50. The number of thioether (sulfide) groups is 1. The van der Waals surface area contributed by atoms with Crippen molar-refractivity contribution < 1.29 is 14.3 Å². The Morgan fingerprint density at radius 1 is 1.53 bits per heavy atom. The number of ketones is 1. The molecule has 7 heteroatoms. The Bertz CT molecular complexity index is 460. The second kappa shape index (κ2) is 7.49. The van der Waals surface area contributed by atoms with Crippen LogP contribution in [0.25, 0.3) is 0 Å². The molecular formula is C12H18N2O3S2. The molecule has 0 amide bonds. The summed E-state index contributed by atoms with van der Waals surface area (Å²) in [6.45, 7) is 3.46. The molecule has 1 atom stereocenters. The smallest absolute Gasteiger partial charge is 0.358 e. The molecule has 0 aliphatic carbocycles. The quantitative estimate of drug-likeness (QED) is 0.617. The van der Waals surface area contributed by atoms with Crippen molar-refractivity contribution in [3.05, 3.63) is 10.6 Å². The summed E-state index contributed by atoms with van der Waals surface area (Å²) >= 11 is 2.97. The maximum absolute atomic E-state index is 11.5. The highest BCUT2D eigenvalue weighted by atomic mass is 32.2. The molecular weight excluding hydrogens is 284 g/mol. The van der Waals surface area contributed by atoms with Gasteiger partial charge in [-0.15, -0.1) is 0 Å². The van der Waals surface area contributed by atoms with Crippen LogP contribution in [-0.2, 0) is 4.74 Å². The van der Waals surface area contributed by atoms with Crippen molar-refractivity contribution in [2.45, 2.75) is 26.3 Å². The number of methoxy groups -OCH3 is 1. The van der Waals surface area contributed by atoms with Crippen LogP contribution in [0.2, 0.25) is 0 Å². The lowest BCUT2D eigenvalue weighted by Crippen LogP contribution is -2.16. The first-order chi connectivity index (χ1) is 8.99. The van der Waals surface area contributed by atoms with Crippen molar-refractivity contribution in [2.24, 2.45) is 0 Å². The molecule has 0 aromatic carbocycles. The standard InChI is InChI=1S/C12H18N2O3S2/c1-7(5-6-18-4)13-12-14-9(11(16)17-3)10(19-12)8(2)15/h7H,5-6H2,1-4H3,(H,13,14). The van der Waals surface area contributed by atoms with E-state index in [-0.39, 0.29) is 17.5 Å². The van der Waals surface area contributed by atoms with E-state index in [4.69, 9.17) is 0 Å². The van der Waals surface area contributed by atoms with Gasteiger partial charge in [-0.2, -0.15) is 11.8 Å². The van der Waals surface area contributed by atoms with Crippen molar-refractivity contribution in [3.63, 3.8) is 0 Å². The van der Waals surface area contributed by atoms with Gasteiger partial charge >= 0.3 is 5.97 Å². The van der Waals surface area contributed by atoms with Gasteiger partial charge in [0.2, 0.25) is 0 Å². The monoisotopic (exact) mass is 302 g/mol. The van der Waals surface area contributed by atoms with Crippen LogP contribution >= 0.6 is 23.1 Å². The Kier molecular flexibility index (Phi) is 6.30. The number of Topliss-reactive ketones (excluding diaryl/α,β-unsaturated/α-hetero) is 1. The molecule has 106 valence electrons. The highest BCUT2D eigenvalue weighted by Gasteiger charge is 2.22. The van der Waals surface area contributed by atoms with E-state index in [1.807, 2.05) is 6.92 Å². The average molecular weight is 302 g/mol. The van der Waals surface area contributed by atoms with Gasteiger partial charge in [-0.05, 0) is 25.4 Å². The number of nitrogens with one attached hydrogen (secondary N) is 1. The van der Waals surface area contributed by atoms with Gasteiger partial charge in [0, 0.05) is 13.0 Å².